The first-order valence-electron chi connectivity index (χ1n) is 9.41. The van der Waals surface area contributed by atoms with Crippen molar-refractivity contribution in [2.45, 2.75) is 6.54 Å². The van der Waals surface area contributed by atoms with Crippen LogP contribution < -0.4 is 10.3 Å². The van der Waals surface area contributed by atoms with E-state index in [2.05, 4.69) is 9.97 Å². The number of aromatic hydroxyl groups is 1. The molecule has 7 nitrogen and oxygen atoms in total. The van der Waals surface area contributed by atoms with Crippen molar-refractivity contribution in [2.24, 2.45) is 0 Å². The highest BCUT2D eigenvalue weighted by Gasteiger charge is 2.24. The lowest BCUT2D eigenvalue weighted by molar-refractivity contribution is 0.0732. The average Bonchev–Trinajstić information content (AvgIpc) is 3.07. The molecular weight excluding hydrogens is 402 g/mol. The minimum absolute atomic E-state index is 0.0279. The second kappa shape index (κ2) is 7.31. The van der Waals surface area contributed by atoms with E-state index in [0.717, 1.165) is 20.8 Å². The molecule has 30 heavy (non-hydrogen) atoms. The Balaban J connectivity index is 1.51. The van der Waals surface area contributed by atoms with E-state index in [1.54, 1.807) is 22.3 Å². The number of benzene rings is 2. The predicted octanol–water partition coefficient (Wildman–Crippen LogP) is 3.39. The molecule has 0 saturated heterocycles. The van der Waals surface area contributed by atoms with Crippen molar-refractivity contribution < 1.29 is 14.6 Å². The highest BCUT2D eigenvalue weighted by atomic mass is 32.1. The molecule has 0 radical (unpaired) electrons. The summed E-state index contributed by atoms with van der Waals surface area (Å²) in [5, 5.41) is 11.4. The number of aromatic amines is 1. The van der Waals surface area contributed by atoms with Crippen LogP contribution >= 0.6 is 11.3 Å². The van der Waals surface area contributed by atoms with Gasteiger partial charge in [-0.1, -0.05) is 12.1 Å². The first-order valence-corrected chi connectivity index (χ1v) is 10.2. The van der Waals surface area contributed by atoms with Crippen LogP contribution in [0.4, 0.5) is 0 Å². The zero-order valence-electron chi connectivity index (χ0n) is 15.8. The molecule has 5 rings (SSSR count). The first kappa shape index (κ1) is 18.4. The summed E-state index contributed by atoms with van der Waals surface area (Å²) < 4.78 is 6.81. The Morgan fingerprint density at radius 3 is 2.87 bits per heavy atom. The molecular formula is C22H17N3O4S. The number of phenols is 1. The normalized spacial score (nSPS) is 13.5. The molecule has 0 aliphatic carbocycles. The second-order valence-electron chi connectivity index (χ2n) is 6.99. The number of nitrogens with one attached hydrogen (secondary N) is 1. The molecule has 0 bridgehead atoms. The van der Waals surface area contributed by atoms with Gasteiger partial charge in [-0.3, -0.25) is 9.59 Å². The van der Waals surface area contributed by atoms with Crippen molar-refractivity contribution in [2.75, 3.05) is 13.2 Å². The van der Waals surface area contributed by atoms with Gasteiger partial charge in [0.2, 0.25) is 5.56 Å². The monoisotopic (exact) mass is 419 g/mol. The number of carbonyl (C=O) groups is 1. The molecule has 8 heteroatoms. The van der Waals surface area contributed by atoms with Gasteiger partial charge in [0.15, 0.2) is 11.5 Å². The lowest BCUT2D eigenvalue weighted by Crippen LogP contribution is -2.32. The van der Waals surface area contributed by atoms with Crippen molar-refractivity contribution >= 4 is 27.5 Å². The van der Waals surface area contributed by atoms with Crippen LogP contribution in [0, 0.1) is 0 Å². The van der Waals surface area contributed by atoms with Gasteiger partial charge in [-0.25, -0.2) is 4.98 Å². The number of H-pyrrole nitrogens is 1. The molecule has 2 aromatic carbocycles. The van der Waals surface area contributed by atoms with E-state index in [-0.39, 0.29) is 30.4 Å². The van der Waals surface area contributed by atoms with Crippen LogP contribution in [-0.4, -0.2) is 39.0 Å². The van der Waals surface area contributed by atoms with E-state index in [1.807, 2.05) is 30.3 Å². The van der Waals surface area contributed by atoms with E-state index in [0.29, 0.717) is 23.4 Å². The first-order chi connectivity index (χ1) is 14.6. The van der Waals surface area contributed by atoms with Gasteiger partial charge < -0.3 is 19.7 Å². The number of thiazole rings is 1. The molecule has 4 aromatic rings. The fourth-order valence-corrected chi connectivity index (χ4v) is 4.47. The fraction of sp³-hybridized carbons (Fsp3) is 0.136. The maximum Gasteiger partial charge on any atom is 0.255 e. The fourth-order valence-electron chi connectivity index (χ4n) is 3.52. The highest BCUT2D eigenvalue weighted by Crippen LogP contribution is 2.39. The summed E-state index contributed by atoms with van der Waals surface area (Å²) in [7, 11) is 0. The molecule has 1 aliphatic heterocycles. The van der Waals surface area contributed by atoms with Gasteiger partial charge in [0.1, 0.15) is 11.6 Å². The SMILES string of the molecule is O=C(c1ccc(=O)[nH]c1)N1CCOc2c(O)cc(-c3nc4ccccc4s3)cc2C1. The molecule has 2 aromatic heterocycles. The van der Waals surface area contributed by atoms with E-state index in [1.165, 1.54) is 18.3 Å². The quantitative estimate of drug-likeness (QED) is 0.519. The summed E-state index contributed by atoms with van der Waals surface area (Å²) in [6.07, 6.45) is 1.41. The third-order valence-corrected chi connectivity index (χ3v) is 6.06. The van der Waals surface area contributed by atoms with E-state index < -0.39 is 0 Å². The van der Waals surface area contributed by atoms with Gasteiger partial charge in [0.05, 0.1) is 22.3 Å². The molecule has 2 N–H and O–H groups in total. The summed E-state index contributed by atoms with van der Waals surface area (Å²) in [5.41, 5.74) is 2.51. The summed E-state index contributed by atoms with van der Waals surface area (Å²) in [4.78, 5) is 33.0. The molecule has 1 amide bonds. The van der Waals surface area contributed by atoms with Gasteiger partial charge in [-0.05, 0) is 30.3 Å². The van der Waals surface area contributed by atoms with Crippen LogP contribution in [-0.2, 0) is 6.54 Å². The highest BCUT2D eigenvalue weighted by molar-refractivity contribution is 7.21. The van der Waals surface area contributed by atoms with Crippen molar-refractivity contribution in [3.63, 3.8) is 0 Å². The Bertz CT molecular complexity index is 1270. The van der Waals surface area contributed by atoms with Crippen LogP contribution in [0.2, 0.25) is 0 Å². The Labute approximate surface area is 175 Å². The van der Waals surface area contributed by atoms with Crippen LogP contribution in [0.5, 0.6) is 11.5 Å². The van der Waals surface area contributed by atoms with Crippen LogP contribution in [0.3, 0.4) is 0 Å². The van der Waals surface area contributed by atoms with E-state index in [4.69, 9.17) is 4.74 Å². The third kappa shape index (κ3) is 3.31. The van der Waals surface area contributed by atoms with Crippen molar-refractivity contribution in [3.05, 3.63) is 76.2 Å². The smallest absolute Gasteiger partial charge is 0.255 e. The number of pyridine rings is 1. The number of ether oxygens (including phenoxy) is 1. The summed E-state index contributed by atoms with van der Waals surface area (Å²) >= 11 is 1.54. The summed E-state index contributed by atoms with van der Waals surface area (Å²) in [5.74, 6) is 0.198. The number of para-hydroxylation sites is 1. The maximum atomic E-state index is 12.9. The van der Waals surface area contributed by atoms with Gasteiger partial charge in [-0.2, -0.15) is 0 Å². The number of hydrogen-bond donors (Lipinski definition) is 2. The Kier molecular flexibility index (Phi) is 4.48. The molecule has 0 fully saturated rings. The maximum absolute atomic E-state index is 12.9. The Morgan fingerprint density at radius 1 is 1.20 bits per heavy atom. The minimum Gasteiger partial charge on any atom is -0.504 e. The second-order valence-corrected chi connectivity index (χ2v) is 8.02. The van der Waals surface area contributed by atoms with Crippen molar-refractivity contribution in [1.29, 1.82) is 0 Å². The Morgan fingerprint density at radius 2 is 2.07 bits per heavy atom. The molecule has 3 heterocycles. The number of aromatic nitrogens is 2. The zero-order chi connectivity index (χ0) is 20.7. The number of carbonyl (C=O) groups excluding carboxylic acids is 1. The van der Waals surface area contributed by atoms with E-state index in [9.17, 15) is 14.7 Å². The van der Waals surface area contributed by atoms with Crippen LogP contribution in [0.25, 0.3) is 20.8 Å². The van der Waals surface area contributed by atoms with Crippen LogP contribution in [0.1, 0.15) is 15.9 Å². The lowest BCUT2D eigenvalue weighted by Gasteiger charge is -2.20. The number of rotatable bonds is 2. The van der Waals surface area contributed by atoms with Crippen molar-refractivity contribution in [3.8, 4) is 22.1 Å². The van der Waals surface area contributed by atoms with E-state index >= 15 is 0 Å². The zero-order valence-corrected chi connectivity index (χ0v) is 16.6. The molecule has 1 aliphatic rings. The molecule has 0 atom stereocenters. The predicted molar refractivity (Wildman–Crippen MR) is 114 cm³/mol. The van der Waals surface area contributed by atoms with Gasteiger partial charge in [-0.15, -0.1) is 11.3 Å². The van der Waals surface area contributed by atoms with Crippen LogP contribution in [0.15, 0.2) is 59.5 Å². The molecule has 0 unspecified atom stereocenters. The Hall–Kier alpha value is -3.65. The van der Waals surface area contributed by atoms with Crippen molar-refractivity contribution in [1.82, 2.24) is 14.9 Å². The largest absolute Gasteiger partial charge is 0.504 e. The molecule has 0 saturated carbocycles. The number of phenolic OH excluding ortho intramolecular Hbond substituents is 1. The standard InChI is InChI=1S/C22H17N3O4S/c26-17-10-14(21-24-16-3-1-2-4-18(16)30-21)9-15-12-25(7-8-29-20(15)17)22(28)13-5-6-19(27)23-11-13/h1-6,9-11,26H,7-8,12H2,(H,23,27). The number of fused-ring (bicyclic) bond motifs is 2. The number of nitrogens with zero attached hydrogens (tertiary/aromatic N) is 2. The number of hydrogen-bond acceptors (Lipinski definition) is 6. The summed E-state index contributed by atoms with van der Waals surface area (Å²) in [6, 6.07) is 14.2. The molecule has 150 valence electrons. The van der Waals surface area contributed by atoms with Gasteiger partial charge in [0.25, 0.3) is 5.91 Å². The average molecular weight is 419 g/mol. The number of amides is 1. The van der Waals surface area contributed by atoms with Gasteiger partial charge in [0, 0.05) is 29.9 Å². The topological polar surface area (TPSA) is 95.5 Å². The third-order valence-electron chi connectivity index (χ3n) is 4.97. The minimum atomic E-state index is -0.263. The van der Waals surface area contributed by atoms with Gasteiger partial charge >= 0.3 is 0 Å². The molecule has 0 spiro atoms. The lowest BCUT2D eigenvalue weighted by atomic mass is 10.1. The summed E-state index contributed by atoms with van der Waals surface area (Å²) in [6.45, 7) is 0.901.